The fourth-order valence-electron chi connectivity index (χ4n) is 5.21. The minimum Gasteiger partial charge on any atom is -0.284 e. The molecule has 0 aliphatic heterocycles. The first kappa shape index (κ1) is 33.4. The zero-order valence-electron chi connectivity index (χ0n) is 25.8. The van der Waals surface area contributed by atoms with Crippen molar-refractivity contribution in [3.8, 4) is 11.4 Å². The van der Waals surface area contributed by atoms with Crippen LogP contribution in [0.15, 0.2) is 24.3 Å². The normalized spacial score (nSPS) is 12.4. The van der Waals surface area contributed by atoms with Gasteiger partial charge in [0.2, 0.25) is 10.0 Å². The Bertz CT molecular complexity index is 1290. The minimum absolute atomic E-state index is 0.132. The molecular formula is C32H52ClN5O2S. The molecule has 0 fully saturated rings. The first-order valence-corrected chi connectivity index (χ1v) is 17.9. The van der Waals surface area contributed by atoms with Crippen molar-refractivity contribution in [2.45, 2.75) is 136 Å². The number of nitrogens with zero attached hydrogens (tertiary/aromatic N) is 3. The lowest BCUT2D eigenvalue weighted by Crippen LogP contribution is -2.16. The molecule has 0 radical (unpaired) electrons. The SMILES string of the molecule is CCCCCCCCCCCCCCCCCCS(=O)(=O)Nc1cccc(-c2nc3c(Cl)c(C(C)(C)C)[nH]n3n2)c1. The van der Waals surface area contributed by atoms with Gasteiger partial charge < -0.3 is 0 Å². The third-order valence-electron chi connectivity index (χ3n) is 7.65. The molecule has 0 unspecified atom stereocenters. The maximum atomic E-state index is 12.7. The Morgan fingerprint density at radius 2 is 1.39 bits per heavy atom. The Morgan fingerprint density at radius 3 is 1.90 bits per heavy atom. The molecule has 0 saturated carbocycles. The van der Waals surface area contributed by atoms with Crippen LogP contribution in [0.4, 0.5) is 5.69 Å². The molecule has 3 rings (SSSR count). The second-order valence-corrected chi connectivity index (χ2v) is 14.7. The summed E-state index contributed by atoms with van der Waals surface area (Å²) in [4.78, 5) is 4.59. The van der Waals surface area contributed by atoms with Gasteiger partial charge in [-0.15, -0.1) is 5.10 Å². The molecule has 0 spiro atoms. The average molecular weight is 606 g/mol. The van der Waals surface area contributed by atoms with E-state index in [2.05, 4.69) is 47.6 Å². The highest BCUT2D eigenvalue weighted by atomic mass is 35.5. The van der Waals surface area contributed by atoms with Crippen molar-refractivity contribution in [1.29, 1.82) is 0 Å². The number of halogens is 1. The third kappa shape index (κ3) is 11.3. The van der Waals surface area contributed by atoms with Crippen molar-refractivity contribution in [3.05, 3.63) is 35.0 Å². The van der Waals surface area contributed by atoms with Crippen LogP contribution in [0.1, 0.15) is 136 Å². The highest BCUT2D eigenvalue weighted by Gasteiger charge is 2.24. The summed E-state index contributed by atoms with van der Waals surface area (Å²) in [5.41, 5.74) is 2.50. The molecule has 0 aliphatic rings. The predicted octanol–water partition coefficient (Wildman–Crippen LogP) is 9.68. The molecule has 3 aromatic rings. The molecule has 41 heavy (non-hydrogen) atoms. The number of H-pyrrole nitrogens is 1. The van der Waals surface area contributed by atoms with E-state index in [4.69, 9.17) is 11.6 Å². The van der Waals surface area contributed by atoms with Gasteiger partial charge in [-0.1, -0.05) is 148 Å². The number of rotatable bonds is 20. The molecule has 1 aromatic carbocycles. The van der Waals surface area contributed by atoms with Crippen LogP contribution in [0.3, 0.4) is 0 Å². The molecule has 7 nitrogen and oxygen atoms in total. The van der Waals surface area contributed by atoms with E-state index in [1.165, 1.54) is 83.5 Å². The summed E-state index contributed by atoms with van der Waals surface area (Å²) in [6.07, 6.45) is 20.3. The van der Waals surface area contributed by atoms with E-state index in [1.54, 1.807) is 22.8 Å². The van der Waals surface area contributed by atoms with E-state index >= 15 is 0 Å². The number of unbranched alkanes of at least 4 members (excludes halogenated alkanes) is 15. The Labute approximate surface area is 253 Å². The van der Waals surface area contributed by atoms with Crippen LogP contribution < -0.4 is 4.72 Å². The number of nitrogens with one attached hydrogen (secondary N) is 2. The van der Waals surface area contributed by atoms with Crippen LogP contribution in [0.5, 0.6) is 0 Å². The van der Waals surface area contributed by atoms with Gasteiger partial charge in [0.1, 0.15) is 5.02 Å². The van der Waals surface area contributed by atoms with Gasteiger partial charge in [0, 0.05) is 16.7 Å². The van der Waals surface area contributed by atoms with Crippen LogP contribution in [0, 0.1) is 0 Å². The Balaban J connectivity index is 1.31. The first-order chi connectivity index (χ1) is 19.6. The van der Waals surface area contributed by atoms with Gasteiger partial charge in [0.25, 0.3) is 0 Å². The molecule has 0 aliphatic carbocycles. The molecule has 2 aromatic heterocycles. The zero-order chi connectivity index (χ0) is 29.7. The van der Waals surface area contributed by atoms with Gasteiger partial charge in [-0.25, -0.2) is 13.4 Å². The van der Waals surface area contributed by atoms with Gasteiger partial charge in [0.15, 0.2) is 11.5 Å². The summed E-state index contributed by atoms with van der Waals surface area (Å²) >= 11 is 6.55. The quantitative estimate of drug-likeness (QED) is 0.125. The second-order valence-electron chi connectivity index (χ2n) is 12.5. The maximum Gasteiger partial charge on any atom is 0.232 e. The van der Waals surface area contributed by atoms with Gasteiger partial charge in [-0.05, 0) is 18.6 Å². The van der Waals surface area contributed by atoms with E-state index in [0.717, 1.165) is 24.1 Å². The largest absolute Gasteiger partial charge is 0.284 e. The van der Waals surface area contributed by atoms with Gasteiger partial charge in [0.05, 0.1) is 11.4 Å². The number of aromatic nitrogens is 4. The first-order valence-electron chi connectivity index (χ1n) is 15.9. The van der Waals surface area contributed by atoms with E-state index in [0.29, 0.717) is 28.6 Å². The van der Waals surface area contributed by atoms with Gasteiger partial charge in [-0.2, -0.15) is 4.63 Å². The highest BCUT2D eigenvalue weighted by Crippen LogP contribution is 2.32. The topological polar surface area (TPSA) is 92.1 Å². The number of benzene rings is 1. The molecule has 2 heterocycles. The Hall–Kier alpha value is -2.06. The molecule has 0 amide bonds. The summed E-state index contributed by atoms with van der Waals surface area (Å²) in [5.74, 6) is 0.615. The lowest BCUT2D eigenvalue weighted by Gasteiger charge is -2.16. The van der Waals surface area contributed by atoms with E-state index < -0.39 is 10.0 Å². The predicted molar refractivity (Wildman–Crippen MR) is 173 cm³/mol. The standard InChI is InChI=1S/C32H52ClN5O2S/c1-5-6-7-8-9-10-11-12-13-14-15-16-17-18-19-20-24-41(39,40)37-27-23-21-22-26(25-27)30-34-31-28(33)29(32(2,3)4)35-38(31)36-30/h21-23,25,35,37H,5-20,24H2,1-4H3. The lowest BCUT2D eigenvalue weighted by atomic mass is 9.92. The average Bonchev–Trinajstić information content (AvgIpc) is 3.47. The second kappa shape index (κ2) is 16.5. The van der Waals surface area contributed by atoms with Crippen LogP contribution in [-0.4, -0.2) is 34.0 Å². The van der Waals surface area contributed by atoms with Crippen molar-refractivity contribution in [2.75, 3.05) is 10.5 Å². The smallest absolute Gasteiger partial charge is 0.232 e. The zero-order valence-corrected chi connectivity index (χ0v) is 27.3. The molecule has 0 bridgehead atoms. The lowest BCUT2D eigenvalue weighted by molar-refractivity contribution is 0.531. The van der Waals surface area contributed by atoms with Crippen molar-refractivity contribution >= 4 is 33.0 Å². The van der Waals surface area contributed by atoms with Crippen molar-refractivity contribution < 1.29 is 8.42 Å². The summed E-state index contributed by atoms with van der Waals surface area (Å²) in [7, 11) is -3.42. The van der Waals surface area contributed by atoms with E-state index in [9.17, 15) is 8.42 Å². The van der Waals surface area contributed by atoms with Gasteiger partial charge in [-0.3, -0.25) is 9.82 Å². The van der Waals surface area contributed by atoms with Crippen LogP contribution in [0.25, 0.3) is 17.0 Å². The van der Waals surface area contributed by atoms with Crippen LogP contribution >= 0.6 is 11.6 Å². The highest BCUT2D eigenvalue weighted by molar-refractivity contribution is 7.92. The Morgan fingerprint density at radius 1 is 0.854 bits per heavy atom. The molecule has 9 heteroatoms. The number of sulfonamides is 1. The molecule has 0 saturated heterocycles. The van der Waals surface area contributed by atoms with Crippen molar-refractivity contribution in [2.24, 2.45) is 0 Å². The number of fused-ring (bicyclic) bond motifs is 1. The van der Waals surface area contributed by atoms with Crippen molar-refractivity contribution in [1.82, 2.24) is 19.8 Å². The Kier molecular flexibility index (Phi) is 13.5. The fourth-order valence-corrected chi connectivity index (χ4v) is 6.83. The van der Waals surface area contributed by atoms with Crippen LogP contribution in [-0.2, 0) is 15.4 Å². The van der Waals surface area contributed by atoms with Crippen LogP contribution in [0.2, 0.25) is 5.02 Å². The summed E-state index contributed by atoms with van der Waals surface area (Å²) in [6, 6.07) is 7.18. The molecular weight excluding hydrogens is 554 g/mol. The summed E-state index contributed by atoms with van der Waals surface area (Å²) in [5, 5.41) is 8.29. The number of aromatic amines is 1. The fraction of sp³-hybridized carbons (Fsp3) is 0.688. The number of hydrogen-bond donors (Lipinski definition) is 2. The summed E-state index contributed by atoms with van der Waals surface area (Å²) in [6.45, 7) is 8.48. The molecule has 230 valence electrons. The monoisotopic (exact) mass is 605 g/mol. The van der Waals surface area contributed by atoms with Gasteiger partial charge >= 0.3 is 0 Å². The van der Waals surface area contributed by atoms with E-state index in [1.807, 2.05) is 6.07 Å². The maximum absolute atomic E-state index is 12.7. The summed E-state index contributed by atoms with van der Waals surface area (Å²) < 4.78 is 29.7. The number of hydrogen-bond acceptors (Lipinski definition) is 4. The van der Waals surface area contributed by atoms with E-state index in [-0.39, 0.29) is 11.2 Å². The minimum atomic E-state index is -3.42. The third-order valence-corrected chi connectivity index (χ3v) is 9.38. The number of anilines is 1. The molecule has 2 N–H and O–H groups in total. The van der Waals surface area contributed by atoms with Crippen molar-refractivity contribution in [3.63, 3.8) is 0 Å². The molecule has 0 atom stereocenters.